The predicted octanol–water partition coefficient (Wildman–Crippen LogP) is 2.78. The normalized spacial score (nSPS) is 10.3. The number of amides is 1. The van der Waals surface area contributed by atoms with Crippen LogP contribution in [0.3, 0.4) is 0 Å². The van der Waals surface area contributed by atoms with Gasteiger partial charge in [0.05, 0.1) is 18.7 Å². The van der Waals surface area contributed by atoms with Gasteiger partial charge in [-0.1, -0.05) is 11.6 Å². The fourth-order valence-corrected chi connectivity index (χ4v) is 2.56. The quantitative estimate of drug-likeness (QED) is 0.943. The summed E-state index contributed by atoms with van der Waals surface area (Å²) in [7, 11) is 3.08. The van der Waals surface area contributed by atoms with Crippen molar-refractivity contribution in [3.8, 4) is 11.5 Å². The third kappa shape index (κ3) is 3.02. The molecule has 0 aliphatic heterocycles. The van der Waals surface area contributed by atoms with Crippen molar-refractivity contribution in [2.45, 2.75) is 6.54 Å². The summed E-state index contributed by atoms with van der Waals surface area (Å²) in [4.78, 5) is 18.0. The van der Waals surface area contributed by atoms with E-state index in [2.05, 4.69) is 4.98 Å². The molecule has 0 spiro atoms. The van der Waals surface area contributed by atoms with E-state index in [-0.39, 0.29) is 22.4 Å². The molecule has 5 nitrogen and oxygen atoms in total. The summed E-state index contributed by atoms with van der Waals surface area (Å²) in [5, 5.41) is 12.4. The van der Waals surface area contributed by atoms with Crippen LogP contribution in [0, 0.1) is 0 Å². The highest BCUT2D eigenvalue weighted by Crippen LogP contribution is 2.35. The van der Waals surface area contributed by atoms with Crippen LogP contribution in [0.2, 0.25) is 5.02 Å². The highest BCUT2D eigenvalue weighted by atomic mass is 35.5. The number of aromatic hydroxyl groups is 1. The van der Waals surface area contributed by atoms with Crippen LogP contribution < -0.4 is 4.74 Å². The molecule has 7 heteroatoms. The van der Waals surface area contributed by atoms with Crippen molar-refractivity contribution < 1.29 is 14.6 Å². The monoisotopic (exact) mass is 312 g/mol. The fourth-order valence-electron chi connectivity index (χ4n) is 1.68. The van der Waals surface area contributed by atoms with Gasteiger partial charge in [-0.2, -0.15) is 0 Å². The third-order valence-corrected chi connectivity index (χ3v) is 3.75. The maximum absolute atomic E-state index is 12.3. The molecule has 1 heterocycles. The number of phenols is 1. The van der Waals surface area contributed by atoms with Crippen LogP contribution in [0.5, 0.6) is 11.5 Å². The van der Waals surface area contributed by atoms with Crippen LogP contribution in [0.4, 0.5) is 0 Å². The first kappa shape index (κ1) is 14.6. The molecule has 1 N–H and O–H groups in total. The molecular formula is C13H13ClN2O3S. The molecule has 0 unspecified atom stereocenters. The summed E-state index contributed by atoms with van der Waals surface area (Å²) < 4.78 is 4.99. The van der Waals surface area contributed by atoms with E-state index < -0.39 is 0 Å². The molecule has 1 aromatic carbocycles. The fraction of sp³-hybridized carbons (Fsp3) is 0.231. The first-order valence-corrected chi connectivity index (χ1v) is 6.99. The summed E-state index contributed by atoms with van der Waals surface area (Å²) in [5.74, 6) is -0.225. The number of nitrogens with zero attached hydrogens (tertiary/aromatic N) is 2. The number of carbonyl (C=O) groups is 1. The summed E-state index contributed by atoms with van der Waals surface area (Å²) in [6.45, 7) is 0.414. The van der Waals surface area contributed by atoms with Crippen molar-refractivity contribution in [3.63, 3.8) is 0 Å². The van der Waals surface area contributed by atoms with Crippen molar-refractivity contribution in [2.75, 3.05) is 14.2 Å². The van der Waals surface area contributed by atoms with Gasteiger partial charge in [-0.3, -0.25) is 4.79 Å². The number of aromatic nitrogens is 1. The van der Waals surface area contributed by atoms with Crippen LogP contribution in [-0.2, 0) is 6.54 Å². The van der Waals surface area contributed by atoms with E-state index in [0.29, 0.717) is 12.1 Å². The lowest BCUT2D eigenvalue weighted by molar-refractivity contribution is 0.0784. The number of halogens is 1. The average molecular weight is 313 g/mol. The van der Waals surface area contributed by atoms with E-state index in [1.54, 1.807) is 13.2 Å². The summed E-state index contributed by atoms with van der Waals surface area (Å²) in [6, 6.07) is 2.88. The van der Waals surface area contributed by atoms with E-state index in [1.165, 1.54) is 35.5 Å². The minimum atomic E-state index is -0.222. The van der Waals surface area contributed by atoms with E-state index in [0.717, 1.165) is 5.01 Å². The van der Waals surface area contributed by atoms with Crippen molar-refractivity contribution >= 4 is 28.8 Å². The van der Waals surface area contributed by atoms with Gasteiger partial charge in [-0.25, -0.2) is 4.98 Å². The molecule has 2 rings (SSSR count). The lowest BCUT2D eigenvalue weighted by Gasteiger charge is -2.16. The Morgan fingerprint density at radius 1 is 1.55 bits per heavy atom. The highest BCUT2D eigenvalue weighted by molar-refractivity contribution is 7.09. The van der Waals surface area contributed by atoms with E-state index in [4.69, 9.17) is 16.3 Å². The number of ether oxygens (including phenoxy) is 1. The molecule has 0 saturated heterocycles. The first-order valence-electron chi connectivity index (χ1n) is 5.73. The first-order chi connectivity index (χ1) is 9.52. The van der Waals surface area contributed by atoms with Crippen molar-refractivity contribution in [1.82, 2.24) is 9.88 Å². The van der Waals surface area contributed by atoms with Gasteiger partial charge in [-0.15, -0.1) is 11.3 Å². The van der Waals surface area contributed by atoms with E-state index in [1.807, 2.05) is 5.38 Å². The zero-order valence-electron chi connectivity index (χ0n) is 11.0. The van der Waals surface area contributed by atoms with Crippen LogP contribution in [-0.4, -0.2) is 35.1 Å². The van der Waals surface area contributed by atoms with Crippen molar-refractivity contribution in [3.05, 3.63) is 39.3 Å². The molecule has 0 fully saturated rings. The number of rotatable bonds is 4. The molecule has 0 aliphatic carbocycles. The number of hydrogen-bond donors (Lipinski definition) is 1. The Morgan fingerprint density at radius 3 is 2.90 bits per heavy atom. The number of phenolic OH excluding ortho intramolecular Hbond substituents is 1. The summed E-state index contributed by atoms with van der Waals surface area (Å²) in [5.41, 5.74) is 0.351. The average Bonchev–Trinajstić information content (AvgIpc) is 2.93. The number of hydrogen-bond acceptors (Lipinski definition) is 5. The van der Waals surface area contributed by atoms with Crippen LogP contribution >= 0.6 is 22.9 Å². The molecule has 0 radical (unpaired) electrons. The molecule has 0 bridgehead atoms. The molecule has 20 heavy (non-hydrogen) atoms. The van der Waals surface area contributed by atoms with Gasteiger partial charge in [0.2, 0.25) is 0 Å². The number of carbonyl (C=O) groups excluding carboxylic acids is 1. The number of benzene rings is 1. The molecule has 1 aromatic heterocycles. The Balaban J connectivity index is 2.22. The lowest BCUT2D eigenvalue weighted by atomic mass is 10.1. The second-order valence-corrected chi connectivity index (χ2v) is 5.48. The minimum Gasteiger partial charge on any atom is -0.503 e. The SMILES string of the molecule is COc1cc(C(=O)N(C)Cc2nccs2)cc(Cl)c1O. The summed E-state index contributed by atoms with van der Waals surface area (Å²) >= 11 is 7.36. The Labute approximate surface area is 125 Å². The predicted molar refractivity (Wildman–Crippen MR) is 77.6 cm³/mol. The Morgan fingerprint density at radius 2 is 2.30 bits per heavy atom. The Bertz CT molecular complexity index is 616. The molecular weight excluding hydrogens is 300 g/mol. The van der Waals surface area contributed by atoms with E-state index >= 15 is 0 Å². The van der Waals surface area contributed by atoms with Gasteiger partial charge in [0.15, 0.2) is 11.5 Å². The molecule has 2 aromatic rings. The largest absolute Gasteiger partial charge is 0.503 e. The van der Waals surface area contributed by atoms with Gasteiger partial charge in [0.25, 0.3) is 5.91 Å². The topological polar surface area (TPSA) is 62.7 Å². The van der Waals surface area contributed by atoms with Gasteiger partial charge in [-0.05, 0) is 12.1 Å². The lowest BCUT2D eigenvalue weighted by Crippen LogP contribution is -2.26. The molecule has 0 saturated carbocycles. The third-order valence-electron chi connectivity index (χ3n) is 2.70. The Hall–Kier alpha value is -1.79. The van der Waals surface area contributed by atoms with Gasteiger partial charge < -0.3 is 14.7 Å². The maximum Gasteiger partial charge on any atom is 0.254 e. The van der Waals surface area contributed by atoms with Gasteiger partial charge in [0, 0.05) is 24.2 Å². The zero-order valence-corrected chi connectivity index (χ0v) is 12.5. The number of methoxy groups -OCH3 is 1. The smallest absolute Gasteiger partial charge is 0.254 e. The minimum absolute atomic E-state index is 0.0790. The van der Waals surface area contributed by atoms with Crippen molar-refractivity contribution in [2.24, 2.45) is 0 Å². The molecule has 106 valence electrons. The molecule has 0 aliphatic rings. The Kier molecular flexibility index (Phi) is 4.46. The number of thiazole rings is 1. The zero-order chi connectivity index (χ0) is 14.7. The highest BCUT2D eigenvalue weighted by Gasteiger charge is 2.17. The van der Waals surface area contributed by atoms with Crippen LogP contribution in [0.15, 0.2) is 23.7 Å². The second-order valence-electron chi connectivity index (χ2n) is 4.10. The van der Waals surface area contributed by atoms with Crippen LogP contribution in [0.25, 0.3) is 0 Å². The van der Waals surface area contributed by atoms with Gasteiger partial charge >= 0.3 is 0 Å². The standard InChI is InChI=1S/C13H13ClN2O3S/c1-16(7-11-15-3-4-20-11)13(18)8-5-9(14)12(17)10(6-8)19-2/h3-6,17H,7H2,1-2H3. The molecule has 1 amide bonds. The van der Waals surface area contributed by atoms with Gasteiger partial charge in [0.1, 0.15) is 5.01 Å². The maximum atomic E-state index is 12.3. The van der Waals surface area contributed by atoms with Crippen LogP contribution in [0.1, 0.15) is 15.4 Å². The second kappa shape index (κ2) is 6.11. The van der Waals surface area contributed by atoms with Crippen molar-refractivity contribution in [1.29, 1.82) is 0 Å². The van der Waals surface area contributed by atoms with E-state index in [9.17, 15) is 9.90 Å². The molecule has 0 atom stereocenters. The summed E-state index contributed by atoms with van der Waals surface area (Å²) in [6.07, 6.45) is 1.69.